The molecule has 0 radical (unpaired) electrons. The Kier molecular flexibility index (Phi) is 5.16. The zero-order valence-electron chi connectivity index (χ0n) is 12.0. The summed E-state index contributed by atoms with van der Waals surface area (Å²) in [5, 5.41) is 13.3. The van der Waals surface area contributed by atoms with Crippen LogP contribution in [0.25, 0.3) is 0 Å². The lowest BCUT2D eigenvalue weighted by molar-refractivity contribution is 0.102. The van der Waals surface area contributed by atoms with Crippen molar-refractivity contribution in [2.45, 2.75) is 39.3 Å². The maximum Gasteiger partial charge on any atom is 0.128 e. The van der Waals surface area contributed by atoms with Crippen molar-refractivity contribution < 1.29 is 5.11 Å². The molecule has 0 aromatic carbocycles. The molecule has 1 fully saturated rings. The summed E-state index contributed by atoms with van der Waals surface area (Å²) in [6, 6.07) is 4.18. The number of hydrogen-bond donors (Lipinski definition) is 2. The minimum atomic E-state index is -0.235. The Bertz CT molecular complexity index is 379. The van der Waals surface area contributed by atoms with Gasteiger partial charge in [0.1, 0.15) is 5.82 Å². The van der Waals surface area contributed by atoms with Crippen molar-refractivity contribution in [3.8, 4) is 0 Å². The summed E-state index contributed by atoms with van der Waals surface area (Å²) in [4.78, 5) is 6.69. The van der Waals surface area contributed by atoms with E-state index in [1.54, 1.807) is 0 Å². The Balaban J connectivity index is 1.91. The van der Waals surface area contributed by atoms with Crippen molar-refractivity contribution in [1.82, 2.24) is 10.3 Å². The van der Waals surface area contributed by atoms with Crippen LogP contribution in [0.15, 0.2) is 18.3 Å². The van der Waals surface area contributed by atoms with Gasteiger partial charge in [0.15, 0.2) is 0 Å². The van der Waals surface area contributed by atoms with Crippen LogP contribution in [0.5, 0.6) is 0 Å². The summed E-state index contributed by atoms with van der Waals surface area (Å²) in [5.41, 5.74) is 1.21. The maximum atomic E-state index is 9.93. The molecule has 19 heavy (non-hydrogen) atoms. The number of pyridine rings is 1. The molecule has 0 amide bonds. The smallest absolute Gasteiger partial charge is 0.128 e. The second-order valence-electron chi connectivity index (χ2n) is 5.48. The molecule has 2 atom stereocenters. The van der Waals surface area contributed by atoms with Crippen molar-refractivity contribution in [3.63, 3.8) is 0 Å². The predicted octanol–water partition coefficient (Wildman–Crippen LogP) is 1.79. The number of β-amino-alcohol motifs (C(OH)–C–C–N with tert-alkyl or cyclic N) is 1. The van der Waals surface area contributed by atoms with E-state index in [9.17, 15) is 5.11 Å². The van der Waals surface area contributed by atoms with Gasteiger partial charge in [0.25, 0.3) is 0 Å². The van der Waals surface area contributed by atoms with E-state index in [1.807, 2.05) is 6.20 Å². The molecule has 0 saturated carbocycles. The first kappa shape index (κ1) is 14.3. The largest absolute Gasteiger partial charge is 0.391 e. The molecule has 0 spiro atoms. The normalized spacial score (nSPS) is 23.6. The van der Waals surface area contributed by atoms with Crippen molar-refractivity contribution in [2.75, 3.05) is 24.5 Å². The van der Waals surface area contributed by atoms with Crippen LogP contribution in [0.2, 0.25) is 0 Å². The third-order valence-electron chi connectivity index (χ3n) is 3.81. The Morgan fingerprint density at radius 3 is 2.95 bits per heavy atom. The number of nitrogens with zero attached hydrogens (tertiary/aromatic N) is 2. The SMILES string of the molecule is CCCNCc1ccc(N2CCC(C)C(O)C2)nc1. The minimum Gasteiger partial charge on any atom is -0.391 e. The van der Waals surface area contributed by atoms with Gasteiger partial charge >= 0.3 is 0 Å². The molecule has 106 valence electrons. The van der Waals surface area contributed by atoms with Crippen molar-refractivity contribution in [3.05, 3.63) is 23.9 Å². The number of aliphatic hydroxyl groups excluding tert-OH is 1. The van der Waals surface area contributed by atoms with E-state index in [2.05, 4.69) is 41.2 Å². The average Bonchev–Trinajstić information content (AvgIpc) is 2.43. The molecule has 0 aliphatic carbocycles. The molecule has 1 aromatic heterocycles. The predicted molar refractivity (Wildman–Crippen MR) is 78.2 cm³/mol. The summed E-state index contributed by atoms with van der Waals surface area (Å²) in [6.45, 7) is 7.87. The zero-order valence-corrected chi connectivity index (χ0v) is 12.0. The summed E-state index contributed by atoms with van der Waals surface area (Å²) in [6.07, 6.45) is 3.88. The molecular formula is C15H25N3O. The van der Waals surface area contributed by atoms with Crippen LogP contribution in [0, 0.1) is 5.92 Å². The fraction of sp³-hybridized carbons (Fsp3) is 0.667. The van der Waals surface area contributed by atoms with Gasteiger partial charge in [-0.2, -0.15) is 0 Å². The van der Waals surface area contributed by atoms with Gasteiger partial charge in [-0.15, -0.1) is 0 Å². The second-order valence-corrected chi connectivity index (χ2v) is 5.48. The molecule has 2 rings (SSSR count). The molecule has 1 aliphatic rings. The molecule has 2 unspecified atom stereocenters. The molecule has 2 heterocycles. The monoisotopic (exact) mass is 263 g/mol. The molecule has 1 saturated heterocycles. The fourth-order valence-corrected chi connectivity index (χ4v) is 2.37. The Morgan fingerprint density at radius 1 is 1.47 bits per heavy atom. The van der Waals surface area contributed by atoms with Crippen LogP contribution in [0.4, 0.5) is 5.82 Å². The number of rotatable bonds is 5. The van der Waals surface area contributed by atoms with Gasteiger partial charge in [0.2, 0.25) is 0 Å². The average molecular weight is 263 g/mol. The number of anilines is 1. The highest BCUT2D eigenvalue weighted by atomic mass is 16.3. The number of hydrogen-bond acceptors (Lipinski definition) is 4. The van der Waals surface area contributed by atoms with Gasteiger partial charge < -0.3 is 15.3 Å². The molecule has 1 aromatic rings. The van der Waals surface area contributed by atoms with Crippen LogP contribution < -0.4 is 10.2 Å². The molecule has 1 aliphatic heterocycles. The molecule has 4 nitrogen and oxygen atoms in total. The van der Waals surface area contributed by atoms with Crippen LogP contribution in [-0.4, -0.2) is 35.8 Å². The number of aromatic nitrogens is 1. The standard InChI is InChI=1S/C15H25N3O/c1-3-7-16-9-13-4-5-15(17-10-13)18-8-6-12(2)14(19)11-18/h4-5,10,12,14,16,19H,3,6-9,11H2,1-2H3. The summed E-state index contributed by atoms with van der Waals surface area (Å²) in [5.74, 6) is 1.37. The number of piperidine rings is 1. The summed E-state index contributed by atoms with van der Waals surface area (Å²) < 4.78 is 0. The third kappa shape index (κ3) is 3.91. The topological polar surface area (TPSA) is 48.4 Å². The first-order valence-corrected chi connectivity index (χ1v) is 7.29. The summed E-state index contributed by atoms with van der Waals surface area (Å²) in [7, 11) is 0. The van der Waals surface area contributed by atoms with Crippen LogP contribution in [0.1, 0.15) is 32.3 Å². The Morgan fingerprint density at radius 2 is 2.32 bits per heavy atom. The Hall–Kier alpha value is -1.13. The highest BCUT2D eigenvalue weighted by Gasteiger charge is 2.24. The lowest BCUT2D eigenvalue weighted by Crippen LogP contribution is -2.43. The van der Waals surface area contributed by atoms with Gasteiger partial charge in [0, 0.05) is 25.8 Å². The molecule has 0 bridgehead atoms. The van der Waals surface area contributed by atoms with E-state index in [0.717, 1.165) is 38.3 Å². The highest BCUT2D eigenvalue weighted by molar-refractivity contribution is 5.40. The molecular weight excluding hydrogens is 238 g/mol. The van der Waals surface area contributed by atoms with Gasteiger partial charge in [-0.1, -0.05) is 19.9 Å². The number of aliphatic hydroxyl groups is 1. The third-order valence-corrected chi connectivity index (χ3v) is 3.81. The lowest BCUT2D eigenvalue weighted by atomic mass is 9.96. The van der Waals surface area contributed by atoms with Crippen LogP contribution >= 0.6 is 0 Å². The molecule has 4 heteroatoms. The Labute approximate surface area is 115 Å². The number of nitrogens with one attached hydrogen (secondary N) is 1. The van der Waals surface area contributed by atoms with Gasteiger partial charge in [-0.25, -0.2) is 4.98 Å². The van der Waals surface area contributed by atoms with Gasteiger partial charge in [-0.05, 0) is 36.9 Å². The van der Waals surface area contributed by atoms with Crippen molar-refractivity contribution >= 4 is 5.82 Å². The second kappa shape index (κ2) is 6.87. The van der Waals surface area contributed by atoms with E-state index < -0.39 is 0 Å². The first-order valence-electron chi connectivity index (χ1n) is 7.29. The maximum absolute atomic E-state index is 9.93. The fourth-order valence-electron chi connectivity index (χ4n) is 2.37. The van der Waals surface area contributed by atoms with Crippen molar-refractivity contribution in [1.29, 1.82) is 0 Å². The van der Waals surface area contributed by atoms with Crippen LogP contribution in [0.3, 0.4) is 0 Å². The summed E-state index contributed by atoms with van der Waals surface area (Å²) >= 11 is 0. The highest BCUT2D eigenvalue weighted by Crippen LogP contribution is 2.21. The van der Waals surface area contributed by atoms with E-state index in [1.165, 1.54) is 5.56 Å². The minimum absolute atomic E-state index is 0.235. The van der Waals surface area contributed by atoms with E-state index >= 15 is 0 Å². The van der Waals surface area contributed by atoms with Crippen LogP contribution in [-0.2, 0) is 6.54 Å². The quantitative estimate of drug-likeness (QED) is 0.795. The van der Waals surface area contributed by atoms with Gasteiger partial charge in [0.05, 0.1) is 6.10 Å². The van der Waals surface area contributed by atoms with Gasteiger partial charge in [-0.3, -0.25) is 0 Å². The molecule has 2 N–H and O–H groups in total. The van der Waals surface area contributed by atoms with E-state index in [-0.39, 0.29) is 6.10 Å². The first-order chi connectivity index (χ1) is 9.20. The van der Waals surface area contributed by atoms with E-state index in [4.69, 9.17) is 0 Å². The zero-order chi connectivity index (χ0) is 13.7. The van der Waals surface area contributed by atoms with Crippen molar-refractivity contribution in [2.24, 2.45) is 5.92 Å². The van der Waals surface area contributed by atoms with E-state index in [0.29, 0.717) is 12.5 Å². The lowest BCUT2D eigenvalue weighted by Gasteiger charge is -2.35.